The molecule has 1 fully saturated rings. The Labute approximate surface area is 195 Å². The van der Waals surface area contributed by atoms with Crippen LogP contribution >= 0.6 is 0 Å². The standard InChI is InChI=1S/C25H24N4O5/c1-29-21(19(13-26-29)22(30)28-25(23(31)32)11-6-12-25)27-24(33)34-14-20-17-9-4-2-7-15(17)16-8-3-5-10-18(16)20/h2-5,7-10,13,20H,6,11-12,14H2,1H3,(H,27,33)(H,28,30)(H,31,32). The fourth-order valence-corrected chi connectivity index (χ4v) is 4.69. The molecule has 174 valence electrons. The van der Waals surface area contributed by atoms with Crippen LogP contribution in [0.15, 0.2) is 54.7 Å². The van der Waals surface area contributed by atoms with Crippen molar-refractivity contribution in [1.82, 2.24) is 15.1 Å². The Morgan fingerprint density at radius 2 is 1.71 bits per heavy atom. The first-order valence-corrected chi connectivity index (χ1v) is 11.1. The molecular weight excluding hydrogens is 436 g/mol. The fourth-order valence-electron chi connectivity index (χ4n) is 4.69. The Kier molecular flexibility index (Phi) is 5.31. The first-order chi connectivity index (χ1) is 16.4. The number of aromatic nitrogens is 2. The summed E-state index contributed by atoms with van der Waals surface area (Å²) in [6.07, 6.45) is 2.02. The molecule has 2 aliphatic carbocycles. The van der Waals surface area contributed by atoms with Crippen LogP contribution in [0.25, 0.3) is 11.1 Å². The van der Waals surface area contributed by atoms with Crippen molar-refractivity contribution in [2.75, 3.05) is 11.9 Å². The second kappa shape index (κ2) is 8.33. The molecule has 3 N–H and O–H groups in total. The van der Waals surface area contributed by atoms with E-state index in [0.29, 0.717) is 12.8 Å². The first kappa shape index (κ1) is 21.7. The average Bonchev–Trinajstić information content (AvgIpc) is 3.32. The topological polar surface area (TPSA) is 123 Å². The number of amides is 2. The van der Waals surface area contributed by atoms with Gasteiger partial charge in [0.05, 0.1) is 6.20 Å². The SMILES string of the molecule is Cn1ncc(C(=O)NC2(C(=O)O)CCC2)c1NC(=O)OCC1c2ccccc2-c2ccccc21. The van der Waals surface area contributed by atoms with Crippen LogP contribution in [0.3, 0.4) is 0 Å². The van der Waals surface area contributed by atoms with Crippen LogP contribution in [0.4, 0.5) is 10.6 Å². The van der Waals surface area contributed by atoms with Gasteiger partial charge in [0.25, 0.3) is 5.91 Å². The van der Waals surface area contributed by atoms with E-state index < -0.39 is 23.5 Å². The van der Waals surface area contributed by atoms with Crippen LogP contribution in [0.1, 0.15) is 46.7 Å². The van der Waals surface area contributed by atoms with E-state index >= 15 is 0 Å². The number of carboxylic acid groups (broad SMARTS) is 1. The highest BCUT2D eigenvalue weighted by molar-refractivity contribution is 6.03. The predicted molar refractivity (Wildman–Crippen MR) is 124 cm³/mol. The molecule has 9 nitrogen and oxygen atoms in total. The van der Waals surface area contributed by atoms with Gasteiger partial charge in [-0.25, -0.2) is 9.59 Å². The fraction of sp³-hybridized carbons (Fsp3) is 0.280. The number of aliphatic carboxylic acids is 1. The number of anilines is 1. The third-order valence-corrected chi connectivity index (χ3v) is 6.72. The van der Waals surface area contributed by atoms with Crippen molar-refractivity contribution in [2.45, 2.75) is 30.7 Å². The Balaban J connectivity index is 1.29. The molecule has 1 aromatic heterocycles. The van der Waals surface area contributed by atoms with Crippen LogP contribution in [-0.2, 0) is 16.6 Å². The van der Waals surface area contributed by atoms with Gasteiger partial charge in [-0.05, 0) is 41.5 Å². The average molecular weight is 460 g/mol. The minimum Gasteiger partial charge on any atom is -0.480 e. The van der Waals surface area contributed by atoms with Crippen LogP contribution in [-0.4, -0.2) is 45.0 Å². The summed E-state index contributed by atoms with van der Waals surface area (Å²) in [5.74, 6) is -1.64. The lowest BCUT2D eigenvalue weighted by Gasteiger charge is -2.38. The van der Waals surface area contributed by atoms with Crippen LogP contribution in [0.5, 0.6) is 0 Å². The second-order valence-electron chi connectivity index (χ2n) is 8.68. The van der Waals surface area contributed by atoms with E-state index in [0.717, 1.165) is 28.7 Å². The number of nitrogens with zero attached hydrogens (tertiary/aromatic N) is 2. The van der Waals surface area contributed by atoms with Gasteiger partial charge in [0.2, 0.25) is 0 Å². The summed E-state index contributed by atoms with van der Waals surface area (Å²) in [5.41, 5.74) is 3.24. The Morgan fingerprint density at radius 1 is 1.09 bits per heavy atom. The van der Waals surface area contributed by atoms with E-state index in [2.05, 4.69) is 27.9 Å². The van der Waals surface area contributed by atoms with Crippen molar-refractivity contribution in [3.8, 4) is 11.1 Å². The van der Waals surface area contributed by atoms with Crippen molar-refractivity contribution in [3.05, 3.63) is 71.4 Å². The molecule has 0 unspecified atom stereocenters. The minimum absolute atomic E-state index is 0.0727. The van der Waals surface area contributed by atoms with Gasteiger partial charge in [0, 0.05) is 13.0 Å². The molecule has 1 saturated carbocycles. The summed E-state index contributed by atoms with van der Waals surface area (Å²) in [6, 6.07) is 16.1. The molecule has 0 bridgehead atoms. The predicted octanol–water partition coefficient (Wildman–Crippen LogP) is 3.52. The molecule has 3 aromatic rings. The summed E-state index contributed by atoms with van der Waals surface area (Å²) < 4.78 is 6.90. The zero-order chi connectivity index (χ0) is 23.9. The number of carboxylic acids is 1. The first-order valence-electron chi connectivity index (χ1n) is 11.1. The molecule has 0 saturated heterocycles. The summed E-state index contributed by atoms with van der Waals surface area (Å²) in [5, 5.41) is 18.7. The maximum atomic E-state index is 12.8. The lowest BCUT2D eigenvalue weighted by molar-refractivity contribution is -0.148. The van der Waals surface area contributed by atoms with Crippen molar-refractivity contribution in [1.29, 1.82) is 0 Å². The normalized spacial score (nSPS) is 15.6. The molecule has 0 radical (unpaired) electrons. The zero-order valence-electron chi connectivity index (χ0n) is 18.6. The molecule has 0 spiro atoms. The molecule has 0 atom stereocenters. The lowest BCUT2D eigenvalue weighted by atomic mass is 9.76. The highest BCUT2D eigenvalue weighted by atomic mass is 16.5. The lowest BCUT2D eigenvalue weighted by Crippen LogP contribution is -2.59. The molecular formula is C25H24N4O5. The molecule has 34 heavy (non-hydrogen) atoms. The number of aryl methyl sites for hydroxylation is 1. The summed E-state index contributed by atoms with van der Waals surface area (Å²) >= 11 is 0. The molecule has 0 aliphatic heterocycles. The Bertz CT molecular complexity index is 1250. The maximum absolute atomic E-state index is 12.8. The second-order valence-corrected chi connectivity index (χ2v) is 8.68. The molecule has 2 amide bonds. The third kappa shape index (κ3) is 3.59. The van der Waals surface area contributed by atoms with Gasteiger partial charge in [-0.15, -0.1) is 0 Å². The number of carbonyl (C=O) groups is 3. The molecule has 9 heteroatoms. The quantitative estimate of drug-likeness (QED) is 0.517. The summed E-state index contributed by atoms with van der Waals surface area (Å²) in [6.45, 7) is 0.126. The Morgan fingerprint density at radius 3 is 2.26 bits per heavy atom. The van der Waals surface area contributed by atoms with Gasteiger partial charge in [-0.2, -0.15) is 5.10 Å². The number of fused-ring (bicyclic) bond motifs is 3. The van der Waals surface area contributed by atoms with Crippen molar-refractivity contribution in [3.63, 3.8) is 0 Å². The van der Waals surface area contributed by atoms with E-state index in [1.165, 1.54) is 10.9 Å². The van der Waals surface area contributed by atoms with Gasteiger partial charge in [-0.1, -0.05) is 48.5 Å². The zero-order valence-corrected chi connectivity index (χ0v) is 18.6. The third-order valence-electron chi connectivity index (χ3n) is 6.72. The van der Waals surface area contributed by atoms with Crippen molar-refractivity contribution in [2.24, 2.45) is 7.05 Å². The van der Waals surface area contributed by atoms with E-state index in [9.17, 15) is 19.5 Å². The maximum Gasteiger partial charge on any atom is 0.412 e. The Hall–Kier alpha value is -4.14. The van der Waals surface area contributed by atoms with E-state index in [1.807, 2.05) is 36.4 Å². The van der Waals surface area contributed by atoms with Gasteiger partial charge < -0.3 is 15.2 Å². The number of ether oxygens (including phenoxy) is 1. The number of rotatable bonds is 6. The van der Waals surface area contributed by atoms with E-state index in [4.69, 9.17) is 4.74 Å². The number of hydrogen-bond acceptors (Lipinski definition) is 5. The molecule has 2 aromatic carbocycles. The monoisotopic (exact) mass is 460 g/mol. The number of benzene rings is 2. The largest absolute Gasteiger partial charge is 0.480 e. The van der Waals surface area contributed by atoms with Gasteiger partial charge in [-0.3, -0.25) is 14.8 Å². The number of carbonyl (C=O) groups excluding carboxylic acids is 2. The van der Waals surface area contributed by atoms with E-state index in [1.54, 1.807) is 7.05 Å². The molecule has 2 aliphatic rings. The van der Waals surface area contributed by atoms with Gasteiger partial charge in [0.1, 0.15) is 23.5 Å². The molecule has 5 rings (SSSR count). The van der Waals surface area contributed by atoms with Crippen molar-refractivity contribution >= 4 is 23.8 Å². The van der Waals surface area contributed by atoms with Crippen LogP contribution < -0.4 is 10.6 Å². The van der Waals surface area contributed by atoms with Crippen LogP contribution in [0, 0.1) is 0 Å². The van der Waals surface area contributed by atoms with Crippen LogP contribution in [0.2, 0.25) is 0 Å². The highest BCUT2D eigenvalue weighted by Crippen LogP contribution is 2.44. The van der Waals surface area contributed by atoms with Crippen molar-refractivity contribution < 1.29 is 24.2 Å². The minimum atomic E-state index is -1.27. The molecule has 1 heterocycles. The number of hydrogen-bond donors (Lipinski definition) is 3. The highest BCUT2D eigenvalue weighted by Gasteiger charge is 2.46. The summed E-state index contributed by atoms with van der Waals surface area (Å²) in [4.78, 5) is 37.1. The summed E-state index contributed by atoms with van der Waals surface area (Å²) in [7, 11) is 1.58. The number of nitrogens with one attached hydrogen (secondary N) is 2. The van der Waals surface area contributed by atoms with Gasteiger partial charge >= 0.3 is 12.1 Å². The van der Waals surface area contributed by atoms with Gasteiger partial charge in [0.15, 0.2) is 0 Å². The smallest absolute Gasteiger partial charge is 0.412 e. The van der Waals surface area contributed by atoms with E-state index in [-0.39, 0.29) is 23.9 Å².